The summed E-state index contributed by atoms with van der Waals surface area (Å²) in [5.41, 5.74) is -0.344. The van der Waals surface area contributed by atoms with Gasteiger partial charge in [-0.15, -0.1) is 5.10 Å². The van der Waals surface area contributed by atoms with E-state index in [4.69, 9.17) is 10.00 Å². The predicted molar refractivity (Wildman–Crippen MR) is 121 cm³/mol. The van der Waals surface area contributed by atoms with Gasteiger partial charge < -0.3 is 10.1 Å². The number of hydrogen-bond acceptors (Lipinski definition) is 5. The summed E-state index contributed by atoms with van der Waals surface area (Å²) in [7, 11) is 0. The van der Waals surface area contributed by atoms with E-state index in [1.54, 1.807) is 43.3 Å². The van der Waals surface area contributed by atoms with Crippen molar-refractivity contribution >= 4 is 11.6 Å². The van der Waals surface area contributed by atoms with Gasteiger partial charge in [0, 0.05) is 5.69 Å². The maximum absolute atomic E-state index is 13.8. The van der Waals surface area contributed by atoms with Gasteiger partial charge >= 0.3 is 6.18 Å². The zero-order valence-electron chi connectivity index (χ0n) is 18.7. The van der Waals surface area contributed by atoms with E-state index in [1.165, 1.54) is 6.07 Å². The third kappa shape index (κ3) is 5.33. The van der Waals surface area contributed by atoms with E-state index < -0.39 is 29.3 Å². The number of alkyl halides is 3. The number of amides is 1. The van der Waals surface area contributed by atoms with Crippen LogP contribution >= 0.6 is 0 Å². The number of hydrogen-bond donors (Lipinski definition) is 1. The number of carbonyl (C=O) groups excluding carboxylic acids is 1. The van der Waals surface area contributed by atoms with Gasteiger partial charge in [0.2, 0.25) is 0 Å². The molecular weight excluding hydrogens is 478 g/mol. The first-order chi connectivity index (χ1) is 17.2. The van der Waals surface area contributed by atoms with Crippen molar-refractivity contribution in [3.05, 3.63) is 101 Å². The molecule has 0 aliphatic rings. The van der Waals surface area contributed by atoms with E-state index in [9.17, 15) is 22.4 Å². The maximum atomic E-state index is 13.8. The molecule has 1 heterocycles. The highest BCUT2D eigenvalue weighted by molar-refractivity contribution is 6.04. The molecule has 182 valence electrons. The summed E-state index contributed by atoms with van der Waals surface area (Å²) in [5.74, 6) is -1.28. The van der Waals surface area contributed by atoms with Crippen molar-refractivity contribution in [2.24, 2.45) is 0 Å². The molecule has 4 aromatic rings. The second-order valence-corrected chi connectivity index (χ2v) is 7.70. The summed E-state index contributed by atoms with van der Waals surface area (Å²) in [6.07, 6.45) is -4.96. The Morgan fingerprint density at radius 3 is 2.53 bits per heavy atom. The molecule has 0 unspecified atom stereocenters. The first kappa shape index (κ1) is 24.4. The quantitative estimate of drug-likeness (QED) is 0.360. The fourth-order valence-electron chi connectivity index (χ4n) is 3.40. The molecular formula is C25H17F4N5O2. The van der Waals surface area contributed by atoms with Crippen LogP contribution < -0.4 is 10.1 Å². The van der Waals surface area contributed by atoms with Gasteiger partial charge in [0.25, 0.3) is 5.91 Å². The van der Waals surface area contributed by atoms with E-state index >= 15 is 0 Å². The van der Waals surface area contributed by atoms with Gasteiger partial charge in [-0.25, -0.2) is 9.07 Å². The largest absolute Gasteiger partial charge is 0.489 e. The minimum Gasteiger partial charge on any atom is -0.489 e. The number of carbonyl (C=O) groups is 1. The molecule has 36 heavy (non-hydrogen) atoms. The monoisotopic (exact) mass is 495 g/mol. The van der Waals surface area contributed by atoms with E-state index in [1.807, 2.05) is 6.07 Å². The number of nitrogens with one attached hydrogen (secondary N) is 1. The number of aromatic nitrogens is 3. The Kier molecular flexibility index (Phi) is 6.69. The Labute approximate surface area is 202 Å². The van der Waals surface area contributed by atoms with Crippen LogP contribution in [0.25, 0.3) is 5.69 Å². The predicted octanol–water partition coefficient (Wildman–Crippen LogP) is 5.44. The molecule has 0 spiro atoms. The third-order valence-corrected chi connectivity index (χ3v) is 5.13. The lowest BCUT2D eigenvalue weighted by Crippen LogP contribution is -2.21. The van der Waals surface area contributed by atoms with Gasteiger partial charge in [0.1, 0.15) is 18.2 Å². The number of ether oxygens (including phenoxy) is 1. The van der Waals surface area contributed by atoms with E-state index in [2.05, 4.69) is 15.6 Å². The number of benzene rings is 3. The van der Waals surface area contributed by atoms with Crippen molar-refractivity contribution in [2.45, 2.75) is 19.7 Å². The molecule has 1 amide bonds. The molecule has 0 radical (unpaired) electrons. The van der Waals surface area contributed by atoms with Crippen LogP contribution in [0.4, 0.5) is 23.2 Å². The fraction of sp³-hybridized carbons (Fsp3) is 0.120. The van der Waals surface area contributed by atoms with Crippen LogP contribution in [-0.4, -0.2) is 20.9 Å². The molecule has 7 nitrogen and oxygen atoms in total. The van der Waals surface area contributed by atoms with Gasteiger partial charge in [-0.05, 0) is 72.6 Å². The Morgan fingerprint density at radius 1 is 1.11 bits per heavy atom. The van der Waals surface area contributed by atoms with Crippen LogP contribution in [0.3, 0.4) is 0 Å². The van der Waals surface area contributed by atoms with Crippen LogP contribution in [0.15, 0.2) is 66.7 Å². The SMILES string of the molecule is Cc1cc(OCc2cccc(C#N)c2)ccc1NC(=O)c1nnn(-c2ccc(F)cc2)c1C(F)(F)F. The lowest BCUT2D eigenvalue weighted by Gasteiger charge is -2.13. The second-order valence-electron chi connectivity index (χ2n) is 7.70. The van der Waals surface area contributed by atoms with Crippen LogP contribution in [0.5, 0.6) is 5.75 Å². The number of aryl methyl sites for hydroxylation is 1. The number of anilines is 1. The Bertz CT molecular complexity index is 1460. The summed E-state index contributed by atoms with van der Waals surface area (Å²) < 4.78 is 60.8. The molecule has 1 aromatic heterocycles. The number of nitriles is 1. The van der Waals surface area contributed by atoms with Gasteiger partial charge in [-0.3, -0.25) is 4.79 Å². The highest BCUT2D eigenvalue weighted by Gasteiger charge is 2.42. The first-order valence-corrected chi connectivity index (χ1v) is 10.5. The van der Waals surface area contributed by atoms with Gasteiger partial charge in [0.15, 0.2) is 11.4 Å². The van der Waals surface area contributed by atoms with Crippen molar-refractivity contribution < 1.29 is 27.1 Å². The maximum Gasteiger partial charge on any atom is 0.435 e. The minimum absolute atomic E-state index is 0.103. The van der Waals surface area contributed by atoms with Crippen molar-refractivity contribution in [1.82, 2.24) is 15.0 Å². The zero-order valence-corrected chi connectivity index (χ0v) is 18.7. The molecule has 0 aliphatic heterocycles. The molecule has 0 saturated carbocycles. The standard InChI is InChI=1S/C25H17F4N5O2/c1-15-11-20(36-14-17-4-2-3-16(12-17)13-30)9-10-21(15)31-24(35)22-23(25(27,28)29)34(33-32-22)19-7-5-18(26)6-8-19/h2-12H,14H2,1H3,(H,31,35). The fourth-order valence-corrected chi connectivity index (χ4v) is 3.40. The number of rotatable bonds is 6. The molecule has 0 fully saturated rings. The molecule has 1 N–H and O–H groups in total. The summed E-state index contributed by atoms with van der Waals surface area (Å²) in [6, 6.07) is 17.8. The zero-order chi connectivity index (χ0) is 25.9. The van der Waals surface area contributed by atoms with Gasteiger partial charge in [0.05, 0.1) is 17.3 Å². The molecule has 4 rings (SSSR count). The van der Waals surface area contributed by atoms with Crippen LogP contribution in [0.2, 0.25) is 0 Å². The van der Waals surface area contributed by atoms with Crippen molar-refractivity contribution in [1.29, 1.82) is 5.26 Å². The molecule has 0 saturated heterocycles. The highest BCUT2D eigenvalue weighted by Crippen LogP contribution is 2.33. The molecule has 11 heteroatoms. The number of nitrogens with zero attached hydrogens (tertiary/aromatic N) is 4. The van der Waals surface area contributed by atoms with Gasteiger partial charge in [-0.1, -0.05) is 17.3 Å². The van der Waals surface area contributed by atoms with E-state index in [0.717, 1.165) is 29.8 Å². The third-order valence-electron chi connectivity index (χ3n) is 5.13. The average Bonchev–Trinajstić information content (AvgIpc) is 3.31. The number of halogens is 4. The summed E-state index contributed by atoms with van der Waals surface area (Å²) >= 11 is 0. The minimum atomic E-state index is -4.96. The topological polar surface area (TPSA) is 92.8 Å². The van der Waals surface area contributed by atoms with Crippen molar-refractivity contribution in [2.75, 3.05) is 5.32 Å². The lowest BCUT2D eigenvalue weighted by molar-refractivity contribution is -0.143. The summed E-state index contributed by atoms with van der Waals surface area (Å²) in [5, 5.41) is 18.3. The van der Waals surface area contributed by atoms with Crippen LogP contribution in [-0.2, 0) is 12.8 Å². The van der Waals surface area contributed by atoms with E-state index in [-0.39, 0.29) is 18.0 Å². The molecule has 0 atom stereocenters. The average molecular weight is 495 g/mol. The smallest absolute Gasteiger partial charge is 0.435 e. The Hall–Kier alpha value is -4.72. The summed E-state index contributed by atoms with van der Waals surface area (Å²) in [6.45, 7) is 1.85. The van der Waals surface area contributed by atoms with Gasteiger partial charge in [-0.2, -0.15) is 18.4 Å². The first-order valence-electron chi connectivity index (χ1n) is 10.5. The van der Waals surface area contributed by atoms with Crippen LogP contribution in [0, 0.1) is 24.1 Å². The highest BCUT2D eigenvalue weighted by atomic mass is 19.4. The molecule has 0 bridgehead atoms. The van der Waals surface area contributed by atoms with Crippen molar-refractivity contribution in [3.8, 4) is 17.5 Å². The lowest BCUT2D eigenvalue weighted by atomic mass is 10.1. The van der Waals surface area contributed by atoms with Crippen molar-refractivity contribution in [3.63, 3.8) is 0 Å². The Balaban J connectivity index is 1.53. The van der Waals surface area contributed by atoms with Crippen LogP contribution in [0.1, 0.15) is 32.9 Å². The second kappa shape index (κ2) is 9.87. The Morgan fingerprint density at radius 2 is 1.86 bits per heavy atom. The summed E-state index contributed by atoms with van der Waals surface area (Å²) in [4.78, 5) is 12.7. The van der Waals surface area contributed by atoms with E-state index in [0.29, 0.717) is 21.6 Å². The molecule has 0 aliphatic carbocycles. The normalized spacial score (nSPS) is 11.1. The molecule has 3 aromatic carbocycles.